The van der Waals surface area contributed by atoms with Gasteiger partial charge in [-0.15, -0.1) is 0 Å². The first-order chi connectivity index (χ1) is 7.66. The monoisotopic (exact) mass is 218 g/mol. The van der Waals surface area contributed by atoms with E-state index in [1.807, 2.05) is 4.90 Å². The number of rotatable bonds is 1. The van der Waals surface area contributed by atoms with Crippen molar-refractivity contribution in [3.8, 4) is 0 Å². The summed E-state index contributed by atoms with van der Waals surface area (Å²) in [6.07, 6.45) is 4.56. The second-order valence-electron chi connectivity index (χ2n) is 4.89. The van der Waals surface area contributed by atoms with E-state index in [0.717, 1.165) is 18.7 Å². The van der Waals surface area contributed by atoms with Gasteiger partial charge in [-0.25, -0.2) is 0 Å². The molecule has 0 spiro atoms. The van der Waals surface area contributed by atoms with E-state index in [1.165, 1.54) is 6.42 Å². The van der Waals surface area contributed by atoms with Gasteiger partial charge in [0.05, 0.1) is 0 Å². The highest BCUT2D eigenvalue weighted by molar-refractivity contribution is 5.94. The van der Waals surface area contributed by atoms with E-state index in [4.69, 9.17) is 0 Å². The topological polar surface area (TPSA) is 33.2 Å². The van der Waals surface area contributed by atoms with Crippen molar-refractivity contribution in [2.24, 2.45) is 11.8 Å². The molecule has 16 heavy (non-hydrogen) atoms. The summed E-state index contributed by atoms with van der Waals surface area (Å²) in [5, 5.41) is 0. The maximum atomic E-state index is 12.2. The van der Waals surface area contributed by atoms with Crippen LogP contribution >= 0.6 is 0 Å². The van der Waals surface area contributed by atoms with Crippen molar-refractivity contribution >= 4 is 5.91 Å². The lowest BCUT2D eigenvalue weighted by molar-refractivity contribution is 0.0623. The number of pyridine rings is 1. The number of hydrogen-bond acceptors (Lipinski definition) is 2. The Balaban J connectivity index is 2.10. The molecule has 0 aromatic carbocycles. The molecule has 1 aromatic heterocycles. The predicted octanol–water partition coefficient (Wildman–Crippen LogP) is 2.20. The molecule has 3 heteroatoms. The van der Waals surface area contributed by atoms with Crippen molar-refractivity contribution in [2.75, 3.05) is 13.1 Å². The normalized spacial score (nSPS) is 25.5. The van der Waals surface area contributed by atoms with Crippen molar-refractivity contribution in [1.82, 2.24) is 9.88 Å². The maximum absolute atomic E-state index is 12.2. The van der Waals surface area contributed by atoms with Crippen LogP contribution in [0.5, 0.6) is 0 Å². The van der Waals surface area contributed by atoms with Crippen molar-refractivity contribution < 1.29 is 4.79 Å². The Kier molecular flexibility index (Phi) is 3.22. The van der Waals surface area contributed by atoms with Crippen LogP contribution < -0.4 is 0 Å². The van der Waals surface area contributed by atoms with Crippen molar-refractivity contribution in [3.05, 3.63) is 30.1 Å². The van der Waals surface area contributed by atoms with Gasteiger partial charge in [0.25, 0.3) is 5.91 Å². The van der Waals surface area contributed by atoms with Crippen LogP contribution in [0.3, 0.4) is 0 Å². The van der Waals surface area contributed by atoms with E-state index >= 15 is 0 Å². The summed E-state index contributed by atoms with van der Waals surface area (Å²) in [5.74, 6) is 1.35. The van der Waals surface area contributed by atoms with Gasteiger partial charge in [-0.1, -0.05) is 13.8 Å². The van der Waals surface area contributed by atoms with Gasteiger partial charge in [0.1, 0.15) is 0 Å². The fourth-order valence-electron chi connectivity index (χ4n) is 2.51. The second kappa shape index (κ2) is 4.64. The molecule has 0 bridgehead atoms. The molecule has 1 amide bonds. The Morgan fingerprint density at radius 1 is 1.25 bits per heavy atom. The minimum Gasteiger partial charge on any atom is -0.338 e. The molecule has 0 N–H and O–H groups in total. The summed E-state index contributed by atoms with van der Waals surface area (Å²) in [5.41, 5.74) is 0.747. The van der Waals surface area contributed by atoms with E-state index in [9.17, 15) is 4.79 Å². The van der Waals surface area contributed by atoms with E-state index in [-0.39, 0.29) is 5.91 Å². The smallest absolute Gasteiger partial charge is 0.253 e. The molecule has 1 saturated heterocycles. The quantitative estimate of drug-likeness (QED) is 0.724. The zero-order chi connectivity index (χ0) is 11.5. The average Bonchev–Trinajstić information content (AvgIpc) is 2.28. The fourth-order valence-corrected chi connectivity index (χ4v) is 2.51. The molecule has 1 aliphatic heterocycles. The van der Waals surface area contributed by atoms with Crippen LogP contribution in [0.1, 0.15) is 30.6 Å². The zero-order valence-corrected chi connectivity index (χ0v) is 9.89. The first-order valence-corrected chi connectivity index (χ1v) is 5.86. The van der Waals surface area contributed by atoms with Gasteiger partial charge in [0.2, 0.25) is 0 Å². The Morgan fingerprint density at radius 2 is 1.81 bits per heavy atom. The molecule has 1 aliphatic rings. The van der Waals surface area contributed by atoms with Gasteiger partial charge in [0, 0.05) is 31.0 Å². The van der Waals surface area contributed by atoms with Crippen LogP contribution in [-0.2, 0) is 0 Å². The molecular weight excluding hydrogens is 200 g/mol. The van der Waals surface area contributed by atoms with Crippen LogP contribution in [0.4, 0.5) is 0 Å². The average molecular weight is 218 g/mol. The highest BCUT2D eigenvalue weighted by Crippen LogP contribution is 2.22. The van der Waals surface area contributed by atoms with Gasteiger partial charge < -0.3 is 4.90 Å². The molecule has 1 fully saturated rings. The van der Waals surface area contributed by atoms with Crippen molar-refractivity contribution in [3.63, 3.8) is 0 Å². The number of likely N-dealkylation sites (tertiary alicyclic amines) is 1. The number of hydrogen-bond donors (Lipinski definition) is 0. The van der Waals surface area contributed by atoms with Gasteiger partial charge >= 0.3 is 0 Å². The highest BCUT2D eigenvalue weighted by Gasteiger charge is 2.25. The summed E-state index contributed by atoms with van der Waals surface area (Å²) in [7, 11) is 0. The number of amides is 1. The summed E-state index contributed by atoms with van der Waals surface area (Å²) in [4.78, 5) is 18.1. The van der Waals surface area contributed by atoms with Crippen LogP contribution in [0.15, 0.2) is 24.5 Å². The summed E-state index contributed by atoms with van der Waals surface area (Å²) >= 11 is 0. The third kappa shape index (κ3) is 2.40. The van der Waals surface area contributed by atoms with E-state index in [0.29, 0.717) is 11.8 Å². The molecule has 3 nitrogen and oxygen atoms in total. The number of nitrogens with zero attached hydrogens (tertiary/aromatic N) is 2. The van der Waals surface area contributed by atoms with Crippen molar-refractivity contribution in [1.29, 1.82) is 0 Å². The molecule has 1 aromatic rings. The van der Waals surface area contributed by atoms with Gasteiger partial charge in [-0.05, 0) is 30.4 Å². The second-order valence-corrected chi connectivity index (χ2v) is 4.89. The van der Waals surface area contributed by atoms with Gasteiger partial charge in [0.15, 0.2) is 0 Å². The standard InChI is InChI=1S/C13H18N2O/c1-10-7-11(2)9-15(8-10)13(16)12-3-5-14-6-4-12/h3-6,10-11H,7-9H2,1-2H3/t10-,11-/m1/s1. The first kappa shape index (κ1) is 11.1. The summed E-state index contributed by atoms with van der Waals surface area (Å²) in [6.45, 7) is 6.18. The minimum atomic E-state index is 0.140. The van der Waals surface area contributed by atoms with E-state index in [1.54, 1.807) is 24.5 Å². The fraction of sp³-hybridized carbons (Fsp3) is 0.538. The Hall–Kier alpha value is -1.38. The van der Waals surface area contributed by atoms with Crippen molar-refractivity contribution in [2.45, 2.75) is 20.3 Å². The Bertz CT molecular complexity index is 353. The highest BCUT2D eigenvalue weighted by atomic mass is 16.2. The molecule has 2 atom stereocenters. The molecule has 2 rings (SSSR count). The first-order valence-electron chi connectivity index (χ1n) is 5.86. The summed E-state index contributed by atoms with van der Waals surface area (Å²) in [6, 6.07) is 3.57. The Labute approximate surface area is 96.5 Å². The number of piperidine rings is 1. The molecule has 0 aliphatic carbocycles. The maximum Gasteiger partial charge on any atom is 0.253 e. The number of carbonyl (C=O) groups is 1. The molecule has 2 heterocycles. The lowest BCUT2D eigenvalue weighted by Gasteiger charge is -2.35. The minimum absolute atomic E-state index is 0.140. The molecule has 0 radical (unpaired) electrons. The predicted molar refractivity (Wildman–Crippen MR) is 63.1 cm³/mol. The number of carbonyl (C=O) groups excluding carboxylic acids is 1. The van der Waals surface area contributed by atoms with Crippen LogP contribution in [0.25, 0.3) is 0 Å². The summed E-state index contributed by atoms with van der Waals surface area (Å²) < 4.78 is 0. The molecule has 0 saturated carbocycles. The third-order valence-corrected chi connectivity index (χ3v) is 3.08. The van der Waals surface area contributed by atoms with Crippen LogP contribution in [-0.4, -0.2) is 28.9 Å². The van der Waals surface area contributed by atoms with E-state index < -0.39 is 0 Å². The molecule has 86 valence electrons. The molecular formula is C13H18N2O. The van der Waals surface area contributed by atoms with Crippen LogP contribution in [0, 0.1) is 11.8 Å². The lowest BCUT2D eigenvalue weighted by atomic mass is 9.91. The largest absolute Gasteiger partial charge is 0.338 e. The van der Waals surface area contributed by atoms with Gasteiger partial charge in [-0.3, -0.25) is 9.78 Å². The third-order valence-electron chi connectivity index (χ3n) is 3.08. The molecule has 0 unspecified atom stereocenters. The Morgan fingerprint density at radius 3 is 2.38 bits per heavy atom. The zero-order valence-electron chi connectivity index (χ0n) is 9.89. The van der Waals surface area contributed by atoms with Gasteiger partial charge in [-0.2, -0.15) is 0 Å². The SMILES string of the molecule is C[C@@H]1C[C@@H](C)CN(C(=O)c2ccncc2)C1. The van der Waals surface area contributed by atoms with Crippen LogP contribution in [0.2, 0.25) is 0 Å². The lowest BCUT2D eigenvalue weighted by Crippen LogP contribution is -2.42. The van der Waals surface area contributed by atoms with E-state index in [2.05, 4.69) is 18.8 Å². The number of aromatic nitrogens is 1.